The largest absolute Gasteiger partial charge is 0.343 e. The first kappa shape index (κ1) is 10.4. The lowest BCUT2D eigenvalue weighted by molar-refractivity contribution is -0.118. The Bertz CT molecular complexity index is 332. The number of amides is 1. The van der Waals surface area contributed by atoms with Crippen LogP contribution in [0, 0.1) is 0 Å². The van der Waals surface area contributed by atoms with E-state index in [9.17, 15) is 9.59 Å². The molecule has 1 N–H and O–H groups in total. The Balaban J connectivity index is 2.64. The van der Waals surface area contributed by atoms with Crippen LogP contribution >= 0.6 is 0 Å². The van der Waals surface area contributed by atoms with Crippen molar-refractivity contribution < 1.29 is 9.59 Å². The van der Waals surface area contributed by atoms with Crippen molar-refractivity contribution in [3.05, 3.63) is 35.9 Å². The van der Waals surface area contributed by atoms with Crippen molar-refractivity contribution in [3.63, 3.8) is 0 Å². The molecule has 1 rings (SSSR count). The summed E-state index contributed by atoms with van der Waals surface area (Å²) in [6.07, 6.45) is 0. The van der Waals surface area contributed by atoms with Gasteiger partial charge in [-0.1, -0.05) is 18.2 Å². The van der Waals surface area contributed by atoms with Gasteiger partial charge in [0.2, 0.25) is 0 Å². The minimum absolute atomic E-state index is 0.0470. The van der Waals surface area contributed by atoms with Crippen LogP contribution in [0.25, 0.3) is 0 Å². The predicted octanol–water partition coefficient (Wildman–Crippen LogP) is 1.39. The third-order valence-corrected chi connectivity index (χ3v) is 1.99. The number of carbonyl (C=O) groups is 2. The third-order valence-electron chi connectivity index (χ3n) is 1.99. The van der Waals surface area contributed by atoms with Crippen molar-refractivity contribution in [1.29, 1.82) is 0 Å². The number of rotatable bonds is 3. The summed E-state index contributed by atoms with van der Waals surface area (Å²) < 4.78 is 0. The molecule has 0 saturated carbocycles. The fraction of sp³-hybridized carbons (Fsp3) is 0.273. The Morgan fingerprint density at radius 1 is 1.21 bits per heavy atom. The van der Waals surface area contributed by atoms with Gasteiger partial charge < -0.3 is 5.32 Å². The third kappa shape index (κ3) is 2.69. The first-order chi connectivity index (χ1) is 6.61. The van der Waals surface area contributed by atoms with Crippen LogP contribution in [0.4, 0.5) is 0 Å². The highest BCUT2D eigenvalue weighted by Gasteiger charge is 2.11. The van der Waals surface area contributed by atoms with E-state index in [2.05, 4.69) is 5.32 Å². The molecule has 14 heavy (non-hydrogen) atoms. The van der Waals surface area contributed by atoms with Gasteiger partial charge in [-0.2, -0.15) is 0 Å². The average Bonchev–Trinajstić information content (AvgIpc) is 2.19. The second-order valence-electron chi connectivity index (χ2n) is 3.17. The van der Waals surface area contributed by atoms with E-state index in [0.717, 1.165) is 0 Å². The molecule has 0 aliphatic carbocycles. The molecule has 1 aromatic rings. The van der Waals surface area contributed by atoms with Crippen LogP contribution in [-0.4, -0.2) is 17.7 Å². The summed E-state index contributed by atoms with van der Waals surface area (Å²) >= 11 is 0. The van der Waals surface area contributed by atoms with E-state index in [1.165, 1.54) is 6.92 Å². The van der Waals surface area contributed by atoms with Gasteiger partial charge in [-0.25, -0.2) is 0 Å². The van der Waals surface area contributed by atoms with Crippen molar-refractivity contribution in [1.82, 2.24) is 5.32 Å². The fourth-order valence-electron chi connectivity index (χ4n) is 0.971. The van der Waals surface area contributed by atoms with Gasteiger partial charge >= 0.3 is 0 Å². The topological polar surface area (TPSA) is 46.2 Å². The Labute approximate surface area is 83.1 Å². The number of Topliss-reactive ketones (excluding diaryl/α,β-unsaturated/α-hetero) is 1. The summed E-state index contributed by atoms with van der Waals surface area (Å²) in [7, 11) is 0. The molecule has 0 spiro atoms. The molecule has 0 aromatic heterocycles. The number of hydrogen-bond donors (Lipinski definition) is 1. The van der Waals surface area contributed by atoms with Gasteiger partial charge in [-0.15, -0.1) is 0 Å². The van der Waals surface area contributed by atoms with Crippen LogP contribution in [0.15, 0.2) is 30.3 Å². The molecule has 3 nitrogen and oxygen atoms in total. The van der Waals surface area contributed by atoms with Gasteiger partial charge in [0.05, 0.1) is 6.04 Å². The molecule has 0 bridgehead atoms. The zero-order valence-corrected chi connectivity index (χ0v) is 8.28. The first-order valence-electron chi connectivity index (χ1n) is 4.47. The lowest BCUT2D eigenvalue weighted by atomic mass is 10.2. The second-order valence-corrected chi connectivity index (χ2v) is 3.17. The van der Waals surface area contributed by atoms with Gasteiger partial charge in [0.15, 0.2) is 5.78 Å². The van der Waals surface area contributed by atoms with Crippen molar-refractivity contribution in [3.8, 4) is 0 Å². The molecule has 0 aliphatic rings. The highest BCUT2D eigenvalue weighted by molar-refractivity contribution is 5.97. The Kier molecular flexibility index (Phi) is 3.40. The summed E-state index contributed by atoms with van der Waals surface area (Å²) in [6, 6.07) is 8.40. The molecular weight excluding hydrogens is 178 g/mol. The molecule has 0 fully saturated rings. The molecule has 3 heteroatoms. The van der Waals surface area contributed by atoms with Gasteiger partial charge in [0.1, 0.15) is 0 Å². The summed E-state index contributed by atoms with van der Waals surface area (Å²) in [6.45, 7) is 3.12. The number of ketones is 1. The monoisotopic (exact) mass is 191 g/mol. The lowest BCUT2D eigenvalue weighted by Crippen LogP contribution is -2.37. The smallest absolute Gasteiger partial charge is 0.251 e. The maximum Gasteiger partial charge on any atom is 0.251 e. The van der Waals surface area contributed by atoms with Crippen LogP contribution in [0.1, 0.15) is 24.2 Å². The Morgan fingerprint density at radius 2 is 1.79 bits per heavy atom. The Morgan fingerprint density at radius 3 is 2.29 bits per heavy atom. The van der Waals surface area contributed by atoms with E-state index >= 15 is 0 Å². The standard InChI is InChI=1S/C11H13NO2/c1-8(9(2)13)12-11(14)10-6-4-3-5-7-10/h3-8H,1-2H3,(H,12,14). The van der Waals surface area contributed by atoms with Crippen molar-refractivity contribution >= 4 is 11.7 Å². The summed E-state index contributed by atoms with van der Waals surface area (Å²) in [5, 5.41) is 2.61. The molecule has 74 valence electrons. The molecule has 0 radical (unpaired) electrons. The number of benzene rings is 1. The van der Waals surface area contributed by atoms with Crippen molar-refractivity contribution in [2.75, 3.05) is 0 Å². The molecule has 1 aromatic carbocycles. The predicted molar refractivity (Wildman–Crippen MR) is 54.1 cm³/mol. The lowest BCUT2D eigenvalue weighted by Gasteiger charge is -2.09. The summed E-state index contributed by atoms with van der Waals surface area (Å²) in [5.74, 6) is -0.261. The fourth-order valence-corrected chi connectivity index (χ4v) is 0.971. The number of nitrogens with one attached hydrogen (secondary N) is 1. The van der Waals surface area contributed by atoms with Crippen LogP contribution < -0.4 is 5.32 Å². The minimum atomic E-state index is -0.428. The number of hydrogen-bond acceptors (Lipinski definition) is 2. The molecule has 1 amide bonds. The van der Waals surface area contributed by atoms with Gasteiger partial charge in [-0.3, -0.25) is 9.59 Å². The van der Waals surface area contributed by atoms with Gasteiger partial charge in [0, 0.05) is 5.56 Å². The van der Waals surface area contributed by atoms with E-state index in [1.54, 1.807) is 31.2 Å². The summed E-state index contributed by atoms with van der Waals surface area (Å²) in [4.78, 5) is 22.4. The normalized spacial score (nSPS) is 11.9. The van der Waals surface area contributed by atoms with E-state index in [4.69, 9.17) is 0 Å². The van der Waals surface area contributed by atoms with Crippen LogP contribution in [0.5, 0.6) is 0 Å². The Hall–Kier alpha value is -1.64. The molecule has 0 saturated heterocycles. The summed E-state index contributed by atoms with van der Waals surface area (Å²) in [5.41, 5.74) is 0.570. The maximum atomic E-state index is 11.5. The average molecular weight is 191 g/mol. The molecular formula is C11H13NO2. The zero-order valence-electron chi connectivity index (χ0n) is 8.28. The molecule has 1 unspecified atom stereocenters. The van der Waals surface area contributed by atoms with Crippen LogP contribution in [0.2, 0.25) is 0 Å². The van der Waals surface area contributed by atoms with Crippen molar-refractivity contribution in [2.24, 2.45) is 0 Å². The van der Waals surface area contributed by atoms with Crippen LogP contribution in [-0.2, 0) is 4.79 Å². The van der Waals surface area contributed by atoms with E-state index in [1.807, 2.05) is 6.07 Å². The second kappa shape index (κ2) is 4.56. The molecule has 1 atom stereocenters. The zero-order chi connectivity index (χ0) is 10.6. The minimum Gasteiger partial charge on any atom is -0.343 e. The van der Waals surface area contributed by atoms with Gasteiger partial charge in [-0.05, 0) is 26.0 Å². The molecule has 0 aliphatic heterocycles. The van der Waals surface area contributed by atoms with Gasteiger partial charge in [0.25, 0.3) is 5.91 Å². The molecule has 0 heterocycles. The number of carbonyl (C=O) groups excluding carboxylic acids is 2. The highest BCUT2D eigenvalue weighted by atomic mass is 16.2. The first-order valence-corrected chi connectivity index (χ1v) is 4.47. The quantitative estimate of drug-likeness (QED) is 0.784. The maximum absolute atomic E-state index is 11.5. The van der Waals surface area contributed by atoms with Crippen molar-refractivity contribution in [2.45, 2.75) is 19.9 Å². The van der Waals surface area contributed by atoms with Crippen LogP contribution in [0.3, 0.4) is 0 Å². The van der Waals surface area contributed by atoms with E-state index in [-0.39, 0.29) is 11.7 Å². The highest BCUT2D eigenvalue weighted by Crippen LogP contribution is 1.98. The van der Waals surface area contributed by atoms with E-state index < -0.39 is 6.04 Å². The van der Waals surface area contributed by atoms with E-state index in [0.29, 0.717) is 5.56 Å². The SMILES string of the molecule is CC(=O)C(C)NC(=O)c1ccccc1.